The third-order valence-electron chi connectivity index (χ3n) is 2.03. The summed E-state index contributed by atoms with van der Waals surface area (Å²) in [5, 5.41) is 12.0. The summed E-state index contributed by atoms with van der Waals surface area (Å²) < 4.78 is 0. The van der Waals surface area contributed by atoms with E-state index < -0.39 is 0 Å². The van der Waals surface area contributed by atoms with Crippen LogP contribution in [-0.2, 0) is 0 Å². The van der Waals surface area contributed by atoms with Gasteiger partial charge in [-0.15, -0.1) is 0 Å². The minimum atomic E-state index is 0.318. The normalized spacial score (nSPS) is 12.1. The molecule has 0 aliphatic carbocycles. The van der Waals surface area contributed by atoms with Crippen molar-refractivity contribution in [3.8, 4) is 6.07 Å². The van der Waals surface area contributed by atoms with Crippen molar-refractivity contribution in [3.63, 3.8) is 0 Å². The lowest BCUT2D eigenvalue weighted by atomic mass is 10.1. The van der Waals surface area contributed by atoms with E-state index in [2.05, 4.69) is 25.2 Å². The average Bonchev–Trinajstić information content (AvgIpc) is 2.18. The quantitative estimate of drug-likeness (QED) is 0.762. The van der Waals surface area contributed by atoms with Crippen LogP contribution in [0.1, 0.15) is 31.0 Å². The van der Waals surface area contributed by atoms with Crippen LogP contribution in [0.15, 0.2) is 24.3 Å². The van der Waals surface area contributed by atoms with Gasteiger partial charge in [-0.25, -0.2) is 0 Å². The number of nitrogens with zero attached hydrogens (tertiary/aromatic N) is 1. The molecule has 2 heteroatoms. The molecular weight excluding hydrogens is 160 g/mol. The van der Waals surface area contributed by atoms with Crippen molar-refractivity contribution < 1.29 is 0 Å². The summed E-state index contributed by atoms with van der Waals surface area (Å²) in [6.45, 7) is 5.11. The zero-order valence-corrected chi connectivity index (χ0v) is 8.04. The third-order valence-corrected chi connectivity index (χ3v) is 2.03. The molecular formula is C11H14N2. The summed E-state index contributed by atoms with van der Waals surface area (Å²) >= 11 is 0. The fourth-order valence-electron chi connectivity index (χ4n) is 1.30. The zero-order chi connectivity index (χ0) is 9.68. The van der Waals surface area contributed by atoms with Crippen LogP contribution in [0.4, 0.5) is 0 Å². The van der Waals surface area contributed by atoms with Crippen LogP contribution in [0.5, 0.6) is 0 Å². The summed E-state index contributed by atoms with van der Waals surface area (Å²) in [4.78, 5) is 0. The summed E-state index contributed by atoms with van der Waals surface area (Å²) in [7, 11) is 0. The highest BCUT2D eigenvalue weighted by molar-refractivity contribution is 5.33. The van der Waals surface area contributed by atoms with E-state index >= 15 is 0 Å². The van der Waals surface area contributed by atoms with Gasteiger partial charge in [0.15, 0.2) is 0 Å². The first kappa shape index (κ1) is 9.76. The lowest BCUT2D eigenvalue weighted by molar-refractivity contribution is 0.598. The molecule has 1 aromatic rings. The van der Waals surface area contributed by atoms with E-state index in [0.717, 1.165) is 12.1 Å². The van der Waals surface area contributed by atoms with E-state index in [-0.39, 0.29) is 0 Å². The van der Waals surface area contributed by atoms with Crippen LogP contribution in [0.3, 0.4) is 0 Å². The Morgan fingerprint density at radius 3 is 2.92 bits per heavy atom. The number of hydrogen-bond donors (Lipinski definition) is 1. The monoisotopic (exact) mass is 174 g/mol. The second kappa shape index (κ2) is 4.64. The highest BCUT2D eigenvalue weighted by Crippen LogP contribution is 2.13. The van der Waals surface area contributed by atoms with Crippen molar-refractivity contribution in [1.82, 2.24) is 5.32 Å². The minimum absolute atomic E-state index is 0.318. The van der Waals surface area contributed by atoms with Gasteiger partial charge in [0.1, 0.15) is 0 Å². The van der Waals surface area contributed by atoms with E-state index in [1.54, 1.807) is 0 Å². The highest BCUT2D eigenvalue weighted by Gasteiger charge is 2.03. The zero-order valence-electron chi connectivity index (χ0n) is 8.04. The molecule has 0 spiro atoms. The topological polar surface area (TPSA) is 35.8 Å². The van der Waals surface area contributed by atoms with Crippen molar-refractivity contribution in [3.05, 3.63) is 35.4 Å². The molecule has 2 nitrogen and oxygen atoms in total. The highest BCUT2D eigenvalue weighted by atomic mass is 14.9. The summed E-state index contributed by atoms with van der Waals surface area (Å²) in [6, 6.07) is 10.2. The molecule has 13 heavy (non-hydrogen) atoms. The Morgan fingerprint density at radius 1 is 1.54 bits per heavy atom. The largest absolute Gasteiger partial charge is 0.310 e. The molecule has 0 aliphatic rings. The minimum Gasteiger partial charge on any atom is -0.310 e. The smallest absolute Gasteiger partial charge is 0.0991 e. The second-order valence-corrected chi connectivity index (χ2v) is 3.02. The lowest BCUT2D eigenvalue weighted by Gasteiger charge is -2.12. The summed E-state index contributed by atoms with van der Waals surface area (Å²) in [5.41, 5.74) is 1.89. The first-order valence-electron chi connectivity index (χ1n) is 4.51. The fourth-order valence-corrected chi connectivity index (χ4v) is 1.30. The molecule has 1 unspecified atom stereocenters. The Labute approximate surface area is 79.2 Å². The van der Waals surface area contributed by atoms with Gasteiger partial charge >= 0.3 is 0 Å². The molecule has 1 rings (SSSR count). The molecule has 1 atom stereocenters. The van der Waals surface area contributed by atoms with Gasteiger partial charge < -0.3 is 5.32 Å². The Bertz CT molecular complexity index is 312. The van der Waals surface area contributed by atoms with E-state index in [1.807, 2.05) is 24.3 Å². The molecule has 0 heterocycles. The average molecular weight is 174 g/mol. The SMILES string of the molecule is CCNC(C)c1cccc(C#N)c1. The number of benzene rings is 1. The van der Waals surface area contributed by atoms with Crippen LogP contribution < -0.4 is 5.32 Å². The summed E-state index contributed by atoms with van der Waals surface area (Å²) in [5.74, 6) is 0. The number of rotatable bonds is 3. The van der Waals surface area contributed by atoms with E-state index in [4.69, 9.17) is 5.26 Å². The van der Waals surface area contributed by atoms with Crippen LogP contribution in [-0.4, -0.2) is 6.54 Å². The van der Waals surface area contributed by atoms with Crippen molar-refractivity contribution >= 4 is 0 Å². The Hall–Kier alpha value is -1.33. The number of hydrogen-bond acceptors (Lipinski definition) is 2. The molecule has 68 valence electrons. The first-order chi connectivity index (χ1) is 6.27. The molecule has 0 aromatic heterocycles. The van der Waals surface area contributed by atoms with Crippen LogP contribution >= 0.6 is 0 Å². The van der Waals surface area contributed by atoms with Crippen molar-refractivity contribution in [1.29, 1.82) is 5.26 Å². The molecule has 0 bridgehead atoms. The van der Waals surface area contributed by atoms with Gasteiger partial charge in [-0.05, 0) is 31.2 Å². The molecule has 0 radical (unpaired) electrons. The Morgan fingerprint density at radius 2 is 2.31 bits per heavy atom. The van der Waals surface area contributed by atoms with Crippen LogP contribution in [0.25, 0.3) is 0 Å². The molecule has 0 amide bonds. The van der Waals surface area contributed by atoms with Gasteiger partial charge in [0.05, 0.1) is 11.6 Å². The third kappa shape index (κ3) is 2.57. The van der Waals surface area contributed by atoms with Gasteiger partial charge in [0.2, 0.25) is 0 Å². The van der Waals surface area contributed by atoms with Crippen molar-refractivity contribution in [2.24, 2.45) is 0 Å². The standard InChI is InChI=1S/C11H14N2/c1-3-13-9(2)11-6-4-5-10(7-11)8-12/h4-7,9,13H,3H2,1-2H3. The predicted octanol–water partition coefficient (Wildman–Crippen LogP) is 2.23. The molecule has 0 fully saturated rings. The lowest BCUT2D eigenvalue weighted by Crippen LogP contribution is -2.17. The molecule has 1 N–H and O–H groups in total. The van der Waals surface area contributed by atoms with Crippen molar-refractivity contribution in [2.75, 3.05) is 6.54 Å². The van der Waals surface area contributed by atoms with Gasteiger partial charge in [-0.2, -0.15) is 5.26 Å². The number of nitriles is 1. The fraction of sp³-hybridized carbons (Fsp3) is 0.364. The van der Waals surface area contributed by atoms with E-state index in [1.165, 1.54) is 5.56 Å². The second-order valence-electron chi connectivity index (χ2n) is 3.02. The molecule has 0 saturated carbocycles. The maximum absolute atomic E-state index is 8.70. The van der Waals surface area contributed by atoms with Gasteiger partial charge in [-0.3, -0.25) is 0 Å². The number of nitrogens with one attached hydrogen (secondary N) is 1. The van der Waals surface area contributed by atoms with Gasteiger partial charge in [-0.1, -0.05) is 19.1 Å². The first-order valence-corrected chi connectivity index (χ1v) is 4.51. The maximum atomic E-state index is 8.70. The molecule has 1 aromatic carbocycles. The van der Waals surface area contributed by atoms with Crippen LogP contribution in [0, 0.1) is 11.3 Å². The Balaban J connectivity index is 2.83. The maximum Gasteiger partial charge on any atom is 0.0991 e. The van der Waals surface area contributed by atoms with Gasteiger partial charge in [0.25, 0.3) is 0 Å². The van der Waals surface area contributed by atoms with Crippen molar-refractivity contribution in [2.45, 2.75) is 19.9 Å². The molecule has 0 aliphatic heterocycles. The predicted molar refractivity (Wildman–Crippen MR) is 53.2 cm³/mol. The van der Waals surface area contributed by atoms with E-state index in [0.29, 0.717) is 6.04 Å². The van der Waals surface area contributed by atoms with Gasteiger partial charge in [0, 0.05) is 6.04 Å². The molecule has 0 saturated heterocycles. The van der Waals surface area contributed by atoms with Crippen LogP contribution in [0.2, 0.25) is 0 Å². The Kier molecular flexibility index (Phi) is 3.48. The van der Waals surface area contributed by atoms with E-state index in [9.17, 15) is 0 Å². The summed E-state index contributed by atoms with van der Waals surface area (Å²) in [6.07, 6.45) is 0.